The van der Waals surface area contributed by atoms with E-state index in [9.17, 15) is 0 Å². The average molecular weight is 266 g/mol. The minimum Gasteiger partial charge on any atom is -0.395 e. The van der Waals surface area contributed by atoms with Gasteiger partial charge in [0.1, 0.15) is 0 Å². The highest BCUT2D eigenvalue weighted by molar-refractivity contribution is 7.12. The molecule has 1 aliphatic heterocycles. The summed E-state index contributed by atoms with van der Waals surface area (Å²) in [6, 6.07) is 4.04. The van der Waals surface area contributed by atoms with E-state index in [1.807, 2.05) is 12.1 Å². The first-order valence-electron chi connectivity index (χ1n) is 6.26. The van der Waals surface area contributed by atoms with E-state index in [0.29, 0.717) is 19.6 Å². The highest BCUT2D eigenvalue weighted by Gasteiger charge is 2.15. The fourth-order valence-electron chi connectivity index (χ4n) is 1.79. The van der Waals surface area contributed by atoms with E-state index in [1.54, 1.807) is 11.3 Å². The van der Waals surface area contributed by atoms with Gasteiger partial charge in [-0.05, 0) is 25.0 Å². The fourth-order valence-corrected chi connectivity index (χ4v) is 2.62. The van der Waals surface area contributed by atoms with Crippen LogP contribution in [0.5, 0.6) is 0 Å². The first-order valence-corrected chi connectivity index (χ1v) is 7.08. The molecule has 1 aromatic heterocycles. The second kappa shape index (κ2) is 7.55. The molecule has 1 fully saturated rings. The zero-order chi connectivity index (χ0) is 12.6. The average Bonchev–Trinajstić information content (AvgIpc) is 3.01. The Labute approximate surface area is 112 Å². The molecule has 0 amide bonds. The second-order valence-corrected chi connectivity index (χ2v) is 5.36. The number of aliphatic hydroxyl groups excluding tert-OH is 1. The molecule has 1 unspecified atom stereocenters. The molecule has 0 aromatic carbocycles. The van der Waals surface area contributed by atoms with Crippen LogP contribution in [0.2, 0.25) is 0 Å². The van der Waals surface area contributed by atoms with Crippen molar-refractivity contribution in [2.75, 3.05) is 19.8 Å². The van der Waals surface area contributed by atoms with E-state index in [0.717, 1.165) is 24.3 Å². The highest BCUT2D eigenvalue weighted by atomic mass is 32.1. The molecule has 0 aliphatic carbocycles. The maximum absolute atomic E-state index is 8.64. The van der Waals surface area contributed by atoms with E-state index in [-0.39, 0.29) is 12.7 Å². The maximum Gasteiger partial charge on any atom is 0.0811 e. The minimum atomic E-state index is 0.121. The Hall–Kier alpha value is -0.860. The van der Waals surface area contributed by atoms with Gasteiger partial charge in [-0.3, -0.25) is 0 Å². The van der Waals surface area contributed by atoms with Crippen LogP contribution < -0.4 is 0 Å². The molecule has 1 saturated heterocycles. The van der Waals surface area contributed by atoms with Crippen molar-refractivity contribution in [2.24, 2.45) is 0 Å². The monoisotopic (exact) mass is 266 g/mol. The van der Waals surface area contributed by atoms with Crippen LogP contribution in [0.25, 0.3) is 0 Å². The standard InChI is InChI=1S/C14H18O3S/c15-8-2-1-5-13-6-7-14(18-13)11-16-10-12-4-3-9-17-12/h6-7,12,15H,2-4,8-11H2. The summed E-state index contributed by atoms with van der Waals surface area (Å²) in [6.45, 7) is 2.31. The third-order valence-electron chi connectivity index (χ3n) is 2.68. The van der Waals surface area contributed by atoms with Crippen LogP contribution in [0.15, 0.2) is 12.1 Å². The Balaban J connectivity index is 1.71. The van der Waals surface area contributed by atoms with Crippen molar-refractivity contribution in [3.8, 4) is 11.8 Å². The molecule has 0 spiro atoms. The first-order chi connectivity index (χ1) is 8.88. The lowest BCUT2D eigenvalue weighted by Gasteiger charge is -2.08. The summed E-state index contributed by atoms with van der Waals surface area (Å²) >= 11 is 1.64. The summed E-state index contributed by atoms with van der Waals surface area (Å²) < 4.78 is 11.1. The molecular formula is C14H18O3S. The number of rotatable bonds is 5. The van der Waals surface area contributed by atoms with Crippen molar-refractivity contribution in [3.05, 3.63) is 21.9 Å². The van der Waals surface area contributed by atoms with Gasteiger partial charge in [-0.2, -0.15) is 0 Å². The highest BCUT2D eigenvalue weighted by Crippen LogP contribution is 2.18. The maximum atomic E-state index is 8.64. The lowest BCUT2D eigenvalue weighted by molar-refractivity contribution is 0.0114. The van der Waals surface area contributed by atoms with Gasteiger partial charge in [0.2, 0.25) is 0 Å². The zero-order valence-corrected chi connectivity index (χ0v) is 11.2. The van der Waals surface area contributed by atoms with Crippen molar-refractivity contribution in [1.29, 1.82) is 0 Å². The molecule has 4 heteroatoms. The lowest BCUT2D eigenvalue weighted by atomic mass is 10.2. The van der Waals surface area contributed by atoms with Gasteiger partial charge in [0.05, 0.1) is 30.8 Å². The third kappa shape index (κ3) is 4.43. The van der Waals surface area contributed by atoms with Gasteiger partial charge in [-0.1, -0.05) is 11.8 Å². The lowest BCUT2D eigenvalue weighted by Crippen LogP contribution is -2.13. The zero-order valence-electron chi connectivity index (χ0n) is 10.4. The minimum absolute atomic E-state index is 0.121. The van der Waals surface area contributed by atoms with E-state index in [1.165, 1.54) is 4.88 Å². The van der Waals surface area contributed by atoms with Crippen LogP contribution >= 0.6 is 11.3 Å². The Morgan fingerprint density at radius 2 is 2.44 bits per heavy atom. The van der Waals surface area contributed by atoms with Crippen LogP contribution in [0.3, 0.4) is 0 Å². The van der Waals surface area contributed by atoms with E-state index >= 15 is 0 Å². The van der Waals surface area contributed by atoms with Gasteiger partial charge in [0.15, 0.2) is 0 Å². The van der Waals surface area contributed by atoms with E-state index < -0.39 is 0 Å². The number of ether oxygens (including phenoxy) is 2. The Bertz CT molecular complexity index is 410. The summed E-state index contributed by atoms with van der Waals surface area (Å²) in [5.74, 6) is 5.94. The summed E-state index contributed by atoms with van der Waals surface area (Å²) in [7, 11) is 0. The third-order valence-corrected chi connectivity index (χ3v) is 3.66. The van der Waals surface area contributed by atoms with Crippen LogP contribution in [-0.4, -0.2) is 31.0 Å². The number of thiophene rings is 1. The molecule has 0 saturated carbocycles. The summed E-state index contributed by atoms with van der Waals surface area (Å²) in [4.78, 5) is 2.21. The van der Waals surface area contributed by atoms with Crippen LogP contribution in [0.4, 0.5) is 0 Å². The summed E-state index contributed by atoms with van der Waals surface area (Å²) in [6.07, 6.45) is 3.08. The Morgan fingerprint density at radius 3 is 3.22 bits per heavy atom. The molecule has 2 rings (SSSR count). The van der Waals surface area contributed by atoms with Gasteiger partial charge in [-0.15, -0.1) is 11.3 Å². The molecule has 2 heterocycles. The molecule has 0 bridgehead atoms. The normalized spacial score (nSPS) is 18.6. The first kappa shape index (κ1) is 13.6. The second-order valence-electron chi connectivity index (χ2n) is 4.19. The summed E-state index contributed by atoms with van der Waals surface area (Å²) in [5, 5.41) is 8.64. The molecule has 3 nitrogen and oxygen atoms in total. The molecule has 18 heavy (non-hydrogen) atoms. The predicted molar refractivity (Wildman–Crippen MR) is 71.5 cm³/mol. The van der Waals surface area contributed by atoms with Crippen molar-refractivity contribution in [2.45, 2.75) is 32.0 Å². The number of hydrogen-bond acceptors (Lipinski definition) is 4. The van der Waals surface area contributed by atoms with Crippen molar-refractivity contribution >= 4 is 11.3 Å². The number of aliphatic hydroxyl groups is 1. The van der Waals surface area contributed by atoms with Crippen LogP contribution in [0.1, 0.15) is 29.0 Å². The topological polar surface area (TPSA) is 38.7 Å². The Kier molecular flexibility index (Phi) is 5.69. The van der Waals surface area contributed by atoms with Crippen LogP contribution in [-0.2, 0) is 16.1 Å². The van der Waals surface area contributed by atoms with Crippen molar-refractivity contribution < 1.29 is 14.6 Å². The van der Waals surface area contributed by atoms with Gasteiger partial charge < -0.3 is 14.6 Å². The largest absolute Gasteiger partial charge is 0.395 e. The quantitative estimate of drug-likeness (QED) is 0.830. The molecule has 1 atom stereocenters. The molecule has 1 N–H and O–H groups in total. The number of hydrogen-bond donors (Lipinski definition) is 1. The van der Waals surface area contributed by atoms with Gasteiger partial charge in [-0.25, -0.2) is 0 Å². The molecular weight excluding hydrogens is 248 g/mol. The van der Waals surface area contributed by atoms with E-state index in [2.05, 4.69) is 11.8 Å². The van der Waals surface area contributed by atoms with Crippen molar-refractivity contribution in [1.82, 2.24) is 0 Å². The van der Waals surface area contributed by atoms with Gasteiger partial charge in [0, 0.05) is 17.9 Å². The molecule has 98 valence electrons. The fraction of sp³-hybridized carbons (Fsp3) is 0.571. The van der Waals surface area contributed by atoms with Gasteiger partial charge >= 0.3 is 0 Å². The molecule has 0 radical (unpaired) electrons. The van der Waals surface area contributed by atoms with Crippen LogP contribution in [0, 0.1) is 11.8 Å². The molecule has 1 aliphatic rings. The smallest absolute Gasteiger partial charge is 0.0811 e. The van der Waals surface area contributed by atoms with Crippen molar-refractivity contribution in [3.63, 3.8) is 0 Å². The summed E-state index contributed by atoms with van der Waals surface area (Å²) in [5.41, 5.74) is 0. The predicted octanol–water partition coefficient (Wildman–Crippen LogP) is 2.18. The van der Waals surface area contributed by atoms with Gasteiger partial charge in [0.25, 0.3) is 0 Å². The molecule has 1 aromatic rings. The van der Waals surface area contributed by atoms with E-state index in [4.69, 9.17) is 14.6 Å². The SMILES string of the molecule is OCCC#Cc1ccc(COCC2CCCO2)s1. The Morgan fingerprint density at radius 1 is 1.50 bits per heavy atom.